The minimum atomic E-state index is -0.685. The molecule has 0 unspecified atom stereocenters. The fraction of sp³-hybridized carbons (Fsp3) is 0.588. The van der Waals surface area contributed by atoms with Gasteiger partial charge in [-0.3, -0.25) is 4.90 Å². The third kappa shape index (κ3) is 10.1. The van der Waals surface area contributed by atoms with Gasteiger partial charge in [0.2, 0.25) is 11.9 Å². The van der Waals surface area contributed by atoms with E-state index >= 15 is 0 Å². The maximum absolute atomic E-state index is 10.3. The first-order valence-electron chi connectivity index (χ1n) is 24.8. The Labute approximate surface area is 393 Å². The highest BCUT2D eigenvalue weighted by Crippen LogP contribution is 2.41. The lowest BCUT2D eigenvalue weighted by Crippen LogP contribution is -2.36. The van der Waals surface area contributed by atoms with Crippen LogP contribution >= 0.6 is 0 Å². The quantitative estimate of drug-likeness (QED) is 0.0857. The molecule has 4 fully saturated rings. The van der Waals surface area contributed by atoms with E-state index < -0.39 is 5.72 Å². The molecule has 0 spiro atoms. The highest BCUT2D eigenvalue weighted by molar-refractivity contribution is 5.82. The summed E-state index contributed by atoms with van der Waals surface area (Å²) in [6.45, 7) is 14.2. The summed E-state index contributed by atoms with van der Waals surface area (Å²) in [4.78, 5) is 12.0. The van der Waals surface area contributed by atoms with Crippen LogP contribution in [-0.2, 0) is 31.2 Å². The number of aromatic nitrogens is 8. The zero-order valence-corrected chi connectivity index (χ0v) is 39.9. The molecule has 2 aliphatic heterocycles. The number of morpholine rings is 1. The van der Waals surface area contributed by atoms with Gasteiger partial charge in [0.1, 0.15) is 0 Å². The van der Waals surface area contributed by atoms with Gasteiger partial charge in [0.05, 0.1) is 73.8 Å². The molecule has 4 aliphatic rings. The third-order valence-electron chi connectivity index (χ3n) is 14.6. The van der Waals surface area contributed by atoms with Crippen molar-refractivity contribution in [2.75, 3.05) is 57.3 Å². The maximum atomic E-state index is 10.3. The molecule has 0 radical (unpaired) electrons. The van der Waals surface area contributed by atoms with E-state index in [1.807, 2.05) is 27.8 Å². The molecule has 6 aromatic rings. The van der Waals surface area contributed by atoms with Crippen LogP contribution in [0, 0.1) is 0 Å². The van der Waals surface area contributed by atoms with Crippen molar-refractivity contribution in [2.45, 2.75) is 146 Å². The number of anilines is 2. The predicted molar refractivity (Wildman–Crippen MR) is 258 cm³/mol. The van der Waals surface area contributed by atoms with Crippen molar-refractivity contribution < 1.29 is 24.1 Å². The van der Waals surface area contributed by atoms with Gasteiger partial charge < -0.3 is 34.7 Å². The van der Waals surface area contributed by atoms with Gasteiger partial charge in [-0.2, -0.15) is 5.10 Å². The Morgan fingerprint density at radius 3 is 2.03 bits per heavy atom. The van der Waals surface area contributed by atoms with Gasteiger partial charge in [-0.15, -0.1) is 10.2 Å². The SMILES string of the molecule is COC[C@H](C)Nc1ncc2c(-c3cnn(C(C)(C)OC4CCC(c5cc(-c6ccc(CN7CCOCC7)cc6)c6cnc(N[C@@H](C)[C@@H]7CCCO7)nn56)CC4)c3)cc(C3CCC(O)CC3)n2n1. The van der Waals surface area contributed by atoms with E-state index in [1.54, 1.807) is 7.11 Å². The smallest absolute Gasteiger partial charge is 0.241 e. The highest BCUT2D eigenvalue weighted by Gasteiger charge is 2.33. The average Bonchev–Trinajstić information content (AvgIpc) is 4.17. The van der Waals surface area contributed by atoms with Crippen LogP contribution in [0.2, 0.25) is 0 Å². The van der Waals surface area contributed by atoms with E-state index in [1.165, 1.54) is 16.8 Å². The van der Waals surface area contributed by atoms with E-state index in [-0.39, 0.29) is 36.3 Å². The molecule has 16 heteroatoms. The van der Waals surface area contributed by atoms with Gasteiger partial charge in [-0.05, 0) is 115 Å². The largest absolute Gasteiger partial charge is 0.393 e. The first kappa shape index (κ1) is 45.8. The minimum absolute atomic E-state index is 0.0548. The zero-order chi connectivity index (χ0) is 46.1. The standard InChI is InChI=1S/C51H69N11O5/c1-33(32-64-5)55-49-52-29-47-43(26-45(62(47)57-49)37-12-16-40(63)17-13-37)39-27-54-60(31-39)51(3,4)67-41-18-14-38(15-19-41)44-25-42(36-10-8-35(9-11-36)30-59-20-23-65-24-21-59)46-28-53-50(58-61(44)46)56-34(2)48-7-6-22-66-48/h8-11,25-29,31,33-34,37-38,40-41,48,63H,6-7,12-24,30,32H2,1-5H3,(H,55,57)(H,56,58)/t33-,34-,37?,38?,40?,41?,48-/m0/s1. The summed E-state index contributed by atoms with van der Waals surface area (Å²) < 4.78 is 30.0. The fourth-order valence-electron chi connectivity index (χ4n) is 10.9. The Bertz CT molecular complexity index is 2580. The second-order valence-electron chi connectivity index (χ2n) is 20.0. The molecule has 358 valence electrons. The Morgan fingerprint density at radius 2 is 1.40 bits per heavy atom. The van der Waals surface area contributed by atoms with Crippen LogP contribution in [0.4, 0.5) is 11.9 Å². The van der Waals surface area contributed by atoms with Gasteiger partial charge >= 0.3 is 0 Å². The number of hydrogen-bond donors (Lipinski definition) is 3. The van der Waals surface area contributed by atoms with E-state index in [2.05, 4.69) is 90.3 Å². The summed E-state index contributed by atoms with van der Waals surface area (Å²) in [5.41, 5.74) is 9.26. The second kappa shape index (κ2) is 19.9. The molecule has 0 bridgehead atoms. The van der Waals surface area contributed by atoms with Crippen LogP contribution < -0.4 is 10.6 Å². The number of nitrogens with one attached hydrogen (secondary N) is 2. The molecule has 0 amide bonds. The van der Waals surface area contributed by atoms with Gasteiger partial charge in [-0.25, -0.2) is 23.7 Å². The Morgan fingerprint density at radius 1 is 0.776 bits per heavy atom. The van der Waals surface area contributed by atoms with Crippen molar-refractivity contribution in [1.29, 1.82) is 0 Å². The van der Waals surface area contributed by atoms with Crippen molar-refractivity contribution in [2.24, 2.45) is 0 Å². The molecule has 1 aromatic carbocycles. The molecular weight excluding hydrogens is 847 g/mol. The van der Waals surface area contributed by atoms with Crippen LogP contribution in [0.3, 0.4) is 0 Å². The van der Waals surface area contributed by atoms with Crippen molar-refractivity contribution in [1.82, 2.24) is 43.9 Å². The van der Waals surface area contributed by atoms with Crippen molar-refractivity contribution in [3.05, 3.63) is 78.1 Å². The number of ether oxygens (including phenoxy) is 4. The number of fused-ring (bicyclic) bond motifs is 2. The summed E-state index contributed by atoms with van der Waals surface area (Å²) in [6, 6.07) is 13.8. The predicted octanol–water partition coefficient (Wildman–Crippen LogP) is 8.02. The minimum Gasteiger partial charge on any atom is -0.393 e. The second-order valence-corrected chi connectivity index (χ2v) is 20.0. The van der Waals surface area contributed by atoms with Crippen LogP contribution in [0.25, 0.3) is 33.3 Å². The van der Waals surface area contributed by atoms with E-state index in [0.29, 0.717) is 24.4 Å². The monoisotopic (exact) mass is 916 g/mol. The first-order valence-corrected chi connectivity index (χ1v) is 24.8. The van der Waals surface area contributed by atoms with Crippen LogP contribution in [-0.4, -0.2) is 126 Å². The summed E-state index contributed by atoms with van der Waals surface area (Å²) in [7, 11) is 1.70. The lowest BCUT2D eigenvalue weighted by atomic mass is 9.85. The van der Waals surface area contributed by atoms with Crippen molar-refractivity contribution in [3.63, 3.8) is 0 Å². The van der Waals surface area contributed by atoms with E-state index in [9.17, 15) is 5.11 Å². The molecular formula is C51H69N11O5. The number of hydrogen-bond acceptors (Lipinski definition) is 13. The molecule has 16 nitrogen and oxygen atoms in total. The Balaban J connectivity index is 0.857. The van der Waals surface area contributed by atoms with Gasteiger partial charge in [0.15, 0.2) is 5.72 Å². The van der Waals surface area contributed by atoms with Gasteiger partial charge in [0.25, 0.3) is 0 Å². The van der Waals surface area contributed by atoms with Crippen molar-refractivity contribution >= 4 is 22.9 Å². The molecule has 7 heterocycles. The molecule has 3 atom stereocenters. The number of rotatable bonds is 16. The molecule has 67 heavy (non-hydrogen) atoms. The van der Waals surface area contributed by atoms with Crippen LogP contribution in [0.1, 0.15) is 121 Å². The Hall–Kier alpha value is -4.97. The average molecular weight is 916 g/mol. The van der Waals surface area contributed by atoms with Crippen LogP contribution in [0.5, 0.6) is 0 Å². The Kier molecular flexibility index (Phi) is 13.6. The molecule has 2 saturated heterocycles. The first-order chi connectivity index (χ1) is 32.6. The highest BCUT2D eigenvalue weighted by atomic mass is 16.5. The van der Waals surface area contributed by atoms with E-state index in [4.69, 9.17) is 44.2 Å². The molecule has 5 aromatic heterocycles. The summed E-state index contributed by atoms with van der Waals surface area (Å²) in [5, 5.41) is 32.3. The maximum Gasteiger partial charge on any atom is 0.241 e. The molecule has 2 aliphatic carbocycles. The summed E-state index contributed by atoms with van der Waals surface area (Å²) >= 11 is 0. The lowest BCUT2D eigenvalue weighted by molar-refractivity contribution is -0.140. The van der Waals surface area contributed by atoms with Gasteiger partial charge in [-0.1, -0.05) is 24.3 Å². The normalized spacial score (nSPS) is 24.1. The number of methoxy groups -OCH3 is 1. The molecule has 2 saturated carbocycles. The van der Waals surface area contributed by atoms with E-state index in [0.717, 1.165) is 137 Å². The lowest BCUT2D eigenvalue weighted by Gasteiger charge is -2.35. The zero-order valence-electron chi connectivity index (χ0n) is 39.9. The van der Waals surface area contributed by atoms with Gasteiger partial charge in [0, 0.05) is 85.5 Å². The number of nitrogens with zero attached hydrogens (tertiary/aromatic N) is 9. The third-order valence-corrected chi connectivity index (χ3v) is 14.6. The topological polar surface area (TPSA) is 163 Å². The number of aliphatic hydroxyl groups excluding tert-OH is 1. The molecule has 10 rings (SSSR count). The summed E-state index contributed by atoms with van der Waals surface area (Å²) in [6.07, 6.45) is 17.2. The fourth-order valence-corrected chi connectivity index (χ4v) is 10.9. The number of benzene rings is 1. The van der Waals surface area contributed by atoms with Crippen molar-refractivity contribution in [3.8, 4) is 22.3 Å². The number of aliphatic hydroxyl groups is 1. The van der Waals surface area contributed by atoms with Crippen LogP contribution in [0.15, 0.2) is 61.2 Å². The molecule has 3 N–H and O–H groups in total. The summed E-state index contributed by atoms with van der Waals surface area (Å²) in [5.74, 6) is 1.78.